The summed E-state index contributed by atoms with van der Waals surface area (Å²) in [5.41, 5.74) is 1.84. The van der Waals surface area contributed by atoms with Crippen molar-refractivity contribution in [1.82, 2.24) is 14.8 Å². The maximum atomic E-state index is 12.4. The van der Waals surface area contributed by atoms with Crippen LogP contribution < -0.4 is 5.32 Å². The predicted molar refractivity (Wildman–Crippen MR) is 93.5 cm³/mol. The second-order valence-electron chi connectivity index (χ2n) is 4.46. The predicted octanol–water partition coefficient (Wildman–Crippen LogP) is 3.78. The van der Waals surface area contributed by atoms with Crippen LogP contribution in [0.1, 0.15) is 10.4 Å². The van der Waals surface area contributed by atoms with Crippen molar-refractivity contribution >= 4 is 45.8 Å². The van der Waals surface area contributed by atoms with Gasteiger partial charge >= 0.3 is 0 Å². The minimum Gasteiger partial charge on any atom is -0.320 e. The van der Waals surface area contributed by atoms with Gasteiger partial charge in [-0.15, -0.1) is 0 Å². The Bertz CT molecular complexity index is 803. The highest BCUT2D eigenvalue weighted by atomic mass is 127. The molecule has 0 saturated carbocycles. The number of rotatable bonds is 3. The lowest BCUT2D eigenvalue weighted by atomic mass is 10.2. The monoisotopic (exact) mass is 424 g/mol. The maximum Gasteiger partial charge on any atom is 0.255 e. The van der Waals surface area contributed by atoms with E-state index in [4.69, 9.17) is 11.6 Å². The molecule has 0 aliphatic carbocycles. The lowest BCUT2D eigenvalue weighted by Gasteiger charge is -2.11. The molecule has 1 heterocycles. The van der Waals surface area contributed by atoms with Crippen molar-refractivity contribution in [3.63, 3.8) is 0 Å². The molecule has 5 nitrogen and oxygen atoms in total. The highest BCUT2D eigenvalue weighted by molar-refractivity contribution is 14.1. The molecule has 7 heteroatoms. The van der Waals surface area contributed by atoms with Gasteiger partial charge in [-0.1, -0.05) is 11.6 Å². The molecule has 110 valence electrons. The Morgan fingerprint density at radius 3 is 2.64 bits per heavy atom. The van der Waals surface area contributed by atoms with Crippen LogP contribution >= 0.6 is 34.2 Å². The van der Waals surface area contributed by atoms with E-state index in [9.17, 15) is 4.79 Å². The Balaban J connectivity index is 1.93. The second-order valence-corrected chi connectivity index (χ2v) is 6.14. The number of carbonyl (C=O) groups is 1. The van der Waals surface area contributed by atoms with Gasteiger partial charge in [0, 0.05) is 14.2 Å². The number of hydrogen-bond acceptors (Lipinski definition) is 3. The van der Waals surface area contributed by atoms with Crippen LogP contribution in [-0.2, 0) is 0 Å². The minimum absolute atomic E-state index is 0.208. The number of nitrogens with one attached hydrogen (secondary N) is 1. The Morgan fingerprint density at radius 1 is 1.18 bits per heavy atom. The molecule has 0 atom stereocenters. The van der Waals surface area contributed by atoms with Crippen molar-refractivity contribution < 1.29 is 4.79 Å². The van der Waals surface area contributed by atoms with Crippen molar-refractivity contribution in [2.45, 2.75) is 0 Å². The Kier molecular flexibility index (Phi) is 4.39. The molecule has 0 unspecified atom stereocenters. The zero-order valence-corrected chi connectivity index (χ0v) is 14.1. The number of carbonyl (C=O) groups excluding carboxylic acids is 1. The van der Waals surface area contributed by atoms with Crippen LogP contribution in [0.3, 0.4) is 0 Å². The van der Waals surface area contributed by atoms with Gasteiger partial charge in [0.15, 0.2) is 0 Å². The van der Waals surface area contributed by atoms with E-state index in [2.05, 4.69) is 38.0 Å². The van der Waals surface area contributed by atoms with Crippen LogP contribution in [-0.4, -0.2) is 20.7 Å². The number of amides is 1. The number of halogens is 2. The summed E-state index contributed by atoms with van der Waals surface area (Å²) in [6.45, 7) is 0. The van der Waals surface area contributed by atoms with E-state index in [1.54, 1.807) is 41.3 Å². The van der Waals surface area contributed by atoms with E-state index >= 15 is 0 Å². The van der Waals surface area contributed by atoms with Crippen LogP contribution in [0.15, 0.2) is 55.1 Å². The SMILES string of the molecule is O=C(Nc1cc(Cl)ccc1-n1cncn1)c1ccc(I)cc1. The van der Waals surface area contributed by atoms with E-state index in [1.807, 2.05) is 12.1 Å². The molecule has 0 spiro atoms. The minimum atomic E-state index is -0.208. The molecule has 0 radical (unpaired) electrons. The van der Waals surface area contributed by atoms with E-state index in [-0.39, 0.29) is 5.91 Å². The highest BCUT2D eigenvalue weighted by Crippen LogP contribution is 2.24. The third kappa shape index (κ3) is 3.28. The largest absolute Gasteiger partial charge is 0.320 e. The van der Waals surface area contributed by atoms with Gasteiger partial charge < -0.3 is 5.32 Å². The first-order valence-corrected chi connectivity index (χ1v) is 7.80. The average Bonchev–Trinajstić information content (AvgIpc) is 3.02. The van der Waals surface area contributed by atoms with Gasteiger partial charge in [-0.05, 0) is 65.1 Å². The summed E-state index contributed by atoms with van der Waals surface area (Å²) in [7, 11) is 0. The summed E-state index contributed by atoms with van der Waals surface area (Å²) in [6.07, 6.45) is 2.99. The number of anilines is 1. The van der Waals surface area contributed by atoms with Crippen LogP contribution in [0.25, 0.3) is 5.69 Å². The van der Waals surface area contributed by atoms with Crippen molar-refractivity contribution in [2.75, 3.05) is 5.32 Å². The highest BCUT2D eigenvalue weighted by Gasteiger charge is 2.11. The molecule has 0 saturated heterocycles. The molecule has 1 amide bonds. The number of nitrogens with zero attached hydrogens (tertiary/aromatic N) is 3. The first kappa shape index (κ1) is 15.0. The van der Waals surface area contributed by atoms with E-state index in [1.165, 1.54) is 6.33 Å². The molecule has 0 bridgehead atoms. The molecule has 3 rings (SSSR count). The molecular formula is C15H10ClIN4O. The lowest BCUT2D eigenvalue weighted by molar-refractivity contribution is 0.102. The van der Waals surface area contributed by atoms with Gasteiger partial charge in [0.05, 0.1) is 11.4 Å². The zero-order valence-electron chi connectivity index (χ0n) is 11.2. The van der Waals surface area contributed by atoms with E-state index in [0.29, 0.717) is 22.0 Å². The second kappa shape index (κ2) is 6.45. The fourth-order valence-corrected chi connectivity index (χ4v) is 2.47. The van der Waals surface area contributed by atoms with Crippen molar-refractivity contribution in [1.29, 1.82) is 0 Å². The number of aromatic nitrogens is 3. The fourth-order valence-electron chi connectivity index (χ4n) is 1.94. The topological polar surface area (TPSA) is 59.8 Å². The fraction of sp³-hybridized carbons (Fsp3) is 0. The molecule has 0 aliphatic heterocycles. The van der Waals surface area contributed by atoms with Gasteiger partial charge in [-0.2, -0.15) is 5.10 Å². The number of benzene rings is 2. The molecule has 1 N–H and O–H groups in total. The summed E-state index contributed by atoms with van der Waals surface area (Å²) >= 11 is 8.22. The van der Waals surface area contributed by atoms with E-state index in [0.717, 1.165) is 3.57 Å². The van der Waals surface area contributed by atoms with Crippen LogP contribution in [0.2, 0.25) is 5.02 Å². The normalized spacial score (nSPS) is 10.5. The van der Waals surface area contributed by atoms with Crippen molar-refractivity contribution in [3.8, 4) is 5.69 Å². The van der Waals surface area contributed by atoms with Crippen molar-refractivity contribution in [2.24, 2.45) is 0 Å². The summed E-state index contributed by atoms with van der Waals surface area (Å²) < 4.78 is 2.64. The van der Waals surface area contributed by atoms with Crippen LogP contribution in [0, 0.1) is 3.57 Å². The van der Waals surface area contributed by atoms with Gasteiger partial charge in [-0.3, -0.25) is 4.79 Å². The Labute approximate surface area is 145 Å². The first-order chi connectivity index (χ1) is 10.6. The van der Waals surface area contributed by atoms with Crippen LogP contribution in [0.4, 0.5) is 5.69 Å². The summed E-state index contributed by atoms with van der Waals surface area (Å²) in [5.74, 6) is -0.208. The third-order valence-electron chi connectivity index (χ3n) is 2.98. The zero-order chi connectivity index (χ0) is 15.5. The molecular weight excluding hydrogens is 415 g/mol. The van der Waals surface area contributed by atoms with Crippen molar-refractivity contribution in [3.05, 3.63) is 69.3 Å². The molecule has 0 aliphatic rings. The molecule has 22 heavy (non-hydrogen) atoms. The first-order valence-electron chi connectivity index (χ1n) is 6.35. The lowest BCUT2D eigenvalue weighted by Crippen LogP contribution is -2.14. The summed E-state index contributed by atoms with van der Waals surface area (Å²) in [5, 5.41) is 7.47. The molecule has 0 fully saturated rings. The molecule has 1 aromatic heterocycles. The number of hydrogen-bond donors (Lipinski definition) is 1. The summed E-state index contributed by atoms with van der Waals surface area (Å²) in [6, 6.07) is 12.5. The standard InChI is InChI=1S/C15H10ClIN4O/c16-11-3-6-14(21-9-18-8-19-21)13(7-11)20-15(22)10-1-4-12(17)5-2-10/h1-9H,(H,20,22). The van der Waals surface area contributed by atoms with Gasteiger partial charge in [0.1, 0.15) is 12.7 Å². The molecule has 3 aromatic rings. The van der Waals surface area contributed by atoms with Crippen LogP contribution in [0.5, 0.6) is 0 Å². The van der Waals surface area contributed by atoms with Gasteiger partial charge in [0.25, 0.3) is 5.91 Å². The smallest absolute Gasteiger partial charge is 0.255 e. The quantitative estimate of drug-likeness (QED) is 0.651. The third-order valence-corrected chi connectivity index (χ3v) is 3.93. The Morgan fingerprint density at radius 2 is 1.95 bits per heavy atom. The van der Waals surface area contributed by atoms with Gasteiger partial charge in [-0.25, -0.2) is 9.67 Å². The van der Waals surface area contributed by atoms with E-state index < -0.39 is 0 Å². The molecule has 2 aromatic carbocycles. The summed E-state index contributed by atoms with van der Waals surface area (Å²) in [4.78, 5) is 16.3. The Hall–Kier alpha value is -1.93. The average molecular weight is 425 g/mol. The van der Waals surface area contributed by atoms with Gasteiger partial charge in [0.2, 0.25) is 0 Å². The maximum absolute atomic E-state index is 12.4.